The monoisotopic (exact) mass is 260 g/mol. The smallest absolute Gasteiger partial charge is 0.00935 e. The van der Waals surface area contributed by atoms with Gasteiger partial charge in [0.2, 0.25) is 0 Å². The first-order chi connectivity index (χ1) is 9.67. The van der Waals surface area contributed by atoms with E-state index in [1.807, 2.05) is 0 Å². The molecular weight excluding hydrogens is 240 g/mol. The van der Waals surface area contributed by atoms with Crippen LogP contribution < -0.4 is 10.4 Å². The fourth-order valence-corrected chi connectivity index (χ4v) is 3.95. The molecule has 0 fully saturated rings. The Hall–Kier alpha value is -1.82. The number of hydrogen-bond donors (Lipinski definition) is 0. The fraction of sp³-hybridized carbons (Fsp3) is 0.300. The van der Waals surface area contributed by atoms with Crippen LogP contribution in [0.15, 0.2) is 36.4 Å². The molecule has 0 nitrogen and oxygen atoms in total. The molecule has 2 aliphatic carbocycles. The summed E-state index contributed by atoms with van der Waals surface area (Å²) in [6.45, 7) is 4.72. The van der Waals surface area contributed by atoms with Crippen LogP contribution in [0.2, 0.25) is 0 Å². The van der Waals surface area contributed by atoms with Gasteiger partial charge in [-0.15, -0.1) is 0 Å². The average molecular weight is 260 g/mol. The normalized spacial score (nSPS) is 18.1. The van der Waals surface area contributed by atoms with Gasteiger partial charge in [0.15, 0.2) is 0 Å². The van der Waals surface area contributed by atoms with Crippen molar-refractivity contribution in [1.82, 2.24) is 0 Å². The molecule has 0 aromatic heterocycles. The molecule has 0 saturated carbocycles. The minimum Gasteiger partial charge on any atom is -0.0770 e. The van der Waals surface area contributed by atoms with Gasteiger partial charge in [-0.2, -0.15) is 0 Å². The Balaban J connectivity index is 2.30. The number of fused-ring (bicyclic) bond motifs is 4. The predicted molar refractivity (Wildman–Crippen MR) is 84.7 cm³/mol. The van der Waals surface area contributed by atoms with E-state index < -0.39 is 0 Å². The van der Waals surface area contributed by atoms with Crippen LogP contribution in [0.4, 0.5) is 0 Å². The standard InChI is InChI=1S/C20H20/c1-20(2)13-15-8-4-5-9-16(15)18-12-11-14-7-3-6-10-17(14)19(18)20/h4-5,7-9,11-13H,3,6,10H2,1-2H3. The van der Waals surface area contributed by atoms with Crippen LogP contribution >= 0.6 is 0 Å². The second-order valence-corrected chi connectivity index (χ2v) is 6.61. The van der Waals surface area contributed by atoms with Crippen molar-refractivity contribution in [2.75, 3.05) is 0 Å². The maximum atomic E-state index is 2.44. The Kier molecular flexibility index (Phi) is 2.44. The van der Waals surface area contributed by atoms with Gasteiger partial charge < -0.3 is 0 Å². The maximum absolute atomic E-state index is 2.44. The molecule has 0 N–H and O–H groups in total. The van der Waals surface area contributed by atoms with Gasteiger partial charge in [-0.3, -0.25) is 0 Å². The van der Waals surface area contributed by atoms with E-state index in [0.717, 1.165) is 0 Å². The first-order valence-corrected chi connectivity index (χ1v) is 7.62. The van der Waals surface area contributed by atoms with Crippen molar-refractivity contribution in [3.8, 4) is 0 Å². The van der Waals surface area contributed by atoms with Crippen LogP contribution in [0.1, 0.15) is 37.8 Å². The molecule has 0 atom stereocenters. The lowest BCUT2D eigenvalue weighted by Crippen LogP contribution is -2.29. The Labute approximate surface area is 119 Å². The summed E-state index contributed by atoms with van der Waals surface area (Å²) in [6.07, 6.45) is 8.61. The zero-order valence-corrected chi connectivity index (χ0v) is 12.2. The molecule has 4 rings (SSSR count). The van der Waals surface area contributed by atoms with Crippen molar-refractivity contribution in [2.45, 2.75) is 38.5 Å². The van der Waals surface area contributed by atoms with E-state index in [2.05, 4.69) is 62.4 Å². The zero-order valence-electron chi connectivity index (χ0n) is 12.2. The lowest BCUT2D eigenvalue weighted by atomic mass is 9.75. The minimum atomic E-state index is 0.125. The molecule has 0 amide bonds. The first-order valence-electron chi connectivity index (χ1n) is 7.62. The Bertz CT molecular complexity index is 898. The van der Waals surface area contributed by atoms with Crippen LogP contribution in [0.3, 0.4) is 0 Å². The molecule has 100 valence electrons. The van der Waals surface area contributed by atoms with Crippen LogP contribution in [0, 0.1) is 10.4 Å². The van der Waals surface area contributed by atoms with Crippen LogP contribution in [0.5, 0.6) is 0 Å². The summed E-state index contributed by atoms with van der Waals surface area (Å²) in [5.41, 5.74) is 3.27. The van der Waals surface area contributed by atoms with Gasteiger partial charge in [0, 0.05) is 5.41 Å². The number of benzene rings is 2. The largest absolute Gasteiger partial charge is 0.0770 e. The van der Waals surface area contributed by atoms with E-state index in [1.54, 1.807) is 11.1 Å². The molecule has 2 aliphatic rings. The molecule has 0 heteroatoms. The fourth-order valence-electron chi connectivity index (χ4n) is 3.95. The maximum Gasteiger partial charge on any atom is 0.00935 e. The Morgan fingerprint density at radius 2 is 1.75 bits per heavy atom. The van der Waals surface area contributed by atoms with Gasteiger partial charge in [0.1, 0.15) is 0 Å². The van der Waals surface area contributed by atoms with Crippen molar-refractivity contribution < 1.29 is 0 Å². The van der Waals surface area contributed by atoms with E-state index >= 15 is 0 Å². The highest BCUT2D eigenvalue weighted by molar-refractivity contribution is 5.54. The topological polar surface area (TPSA) is 0 Å². The van der Waals surface area contributed by atoms with Gasteiger partial charge >= 0.3 is 0 Å². The van der Waals surface area contributed by atoms with E-state index in [-0.39, 0.29) is 5.41 Å². The van der Waals surface area contributed by atoms with Crippen molar-refractivity contribution in [2.24, 2.45) is 0 Å². The summed E-state index contributed by atoms with van der Waals surface area (Å²) in [7, 11) is 0. The van der Waals surface area contributed by atoms with Crippen molar-refractivity contribution in [1.29, 1.82) is 0 Å². The second kappa shape index (κ2) is 4.09. The molecule has 0 saturated heterocycles. The van der Waals surface area contributed by atoms with Crippen molar-refractivity contribution in [3.63, 3.8) is 0 Å². The summed E-state index contributed by atoms with van der Waals surface area (Å²) in [5.74, 6) is 0. The summed E-state index contributed by atoms with van der Waals surface area (Å²) in [4.78, 5) is 0. The number of rotatable bonds is 0. The molecule has 2 aromatic rings. The van der Waals surface area contributed by atoms with Gasteiger partial charge in [-0.25, -0.2) is 0 Å². The highest BCUT2D eigenvalue weighted by Gasteiger charge is 2.25. The first kappa shape index (κ1) is 12.0. The number of hydrogen-bond acceptors (Lipinski definition) is 0. The lowest BCUT2D eigenvalue weighted by molar-refractivity contribution is 0.675. The molecule has 0 aliphatic heterocycles. The molecule has 20 heavy (non-hydrogen) atoms. The van der Waals surface area contributed by atoms with Crippen molar-refractivity contribution >= 4 is 12.2 Å². The molecule has 0 radical (unpaired) electrons. The summed E-state index contributed by atoms with van der Waals surface area (Å²) in [6, 6.07) is 13.5. The van der Waals surface area contributed by atoms with Gasteiger partial charge in [-0.1, -0.05) is 62.4 Å². The molecular formula is C20H20. The van der Waals surface area contributed by atoms with E-state index in [0.29, 0.717) is 0 Å². The highest BCUT2D eigenvalue weighted by atomic mass is 14.3. The summed E-state index contributed by atoms with van der Waals surface area (Å²) < 4.78 is 0. The van der Waals surface area contributed by atoms with Gasteiger partial charge in [0.25, 0.3) is 0 Å². The predicted octanol–water partition coefficient (Wildman–Crippen LogP) is 3.16. The SMILES string of the molecule is CC1(C)C=c2ccccc2=c2ccc3c(c21)CCCC=3. The van der Waals surface area contributed by atoms with E-state index in [1.165, 1.54) is 40.1 Å². The van der Waals surface area contributed by atoms with Crippen LogP contribution in [-0.4, -0.2) is 0 Å². The highest BCUT2D eigenvalue weighted by Crippen LogP contribution is 2.31. The van der Waals surface area contributed by atoms with Crippen LogP contribution in [-0.2, 0) is 11.8 Å². The zero-order chi connectivity index (χ0) is 13.7. The van der Waals surface area contributed by atoms with Crippen molar-refractivity contribution in [3.05, 3.63) is 68.4 Å². The van der Waals surface area contributed by atoms with Crippen LogP contribution in [0.25, 0.3) is 12.2 Å². The summed E-state index contributed by atoms with van der Waals surface area (Å²) >= 11 is 0. The molecule has 0 spiro atoms. The van der Waals surface area contributed by atoms with E-state index in [9.17, 15) is 0 Å². The molecule has 0 heterocycles. The van der Waals surface area contributed by atoms with Gasteiger partial charge in [-0.05, 0) is 51.3 Å². The third-order valence-electron chi connectivity index (χ3n) is 4.76. The lowest BCUT2D eigenvalue weighted by Gasteiger charge is -2.29. The quantitative estimate of drug-likeness (QED) is 0.682. The molecule has 0 unspecified atom stereocenters. The Morgan fingerprint density at radius 1 is 0.900 bits per heavy atom. The minimum absolute atomic E-state index is 0.125. The average Bonchev–Trinajstić information content (AvgIpc) is 2.46. The van der Waals surface area contributed by atoms with E-state index in [4.69, 9.17) is 0 Å². The van der Waals surface area contributed by atoms with Gasteiger partial charge in [0.05, 0.1) is 0 Å². The second-order valence-electron chi connectivity index (χ2n) is 6.61. The molecule has 2 aromatic carbocycles. The third-order valence-corrected chi connectivity index (χ3v) is 4.76. The molecule has 0 bridgehead atoms. The third kappa shape index (κ3) is 1.61. The Morgan fingerprint density at radius 3 is 2.65 bits per heavy atom. The summed E-state index contributed by atoms with van der Waals surface area (Å²) in [5, 5.41) is 5.69.